The normalized spacial score (nSPS) is 12.2. The predicted octanol–water partition coefficient (Wildman–Crippen LogP) is 4.31. The van der Waals surface area contributed by atoms with Gasteiger partial charge in [-0.05, 0) is 54.8 Å². The van der Waals surface area contributed by atoms with Gasteiger partial charge in [0.05, 0.1) is 18.7 Å². The molecule has 2 aromatic carbocycles. The van der Waals surface area contributed by atoms with E-state index >= 15 is 0 Å². The molecular weight excluding hydrogens is 430 g/mol. The van der Waals surface area contributed by atoms with Gasteiger partial charge in [-0.25, -0.2) is 4.79 Å². The van der Waals surface area contributed by atoms with Crippen LogP contribution in [0.1, 0.15) is 22.2 Å². The van der Waals surface area contributed by atoms with E-state index in [2.05, 4.69) is 0 Å². The Morgan fingerprint density at radius 1 is 1.03 bits per heavy atom. The second-order valence-electron chi connectivity index (χ2n) is 6.92. The van der Waals surface area contributed by atoms with Gasteiger partial charge < -0.3 is 23.8 Å². The number of hydrogen-bond acceptors (Lipinski definition) is 7. The fourth-order valence-corrected chi connectivity index (χ4v) is 3.92. The summed E-state index contributed by atoms with van der Waals surface area (Å²) in [6.07, 6.45) is 0. The molecule has 1 amide bonds. The first-order chi connectivity index (χ1) is 15.6. The number of benzene rings is 2. The Balaban J connectivity index is 1.47. The Hall–Kier alpha value is -3.52. The van der Waals surface area contributed by atoms with E-state index in [0.29, 0.717) is 54.9 Å². The number of rotatable bonds is 8. The van der Waals surface area contributed by atoms with Gasteiger partial charge in [-0.1, -0.05) is 6.07 Å². The van der Waals surface area contributed by atoms with Gasteiger partial charge in [0.15, 0.2) is 18.1 Å². The van der Waals surface area contributed by atoms with Crippen LogP contribution < -0.4 is 19.1 Å². The monoisotopic (exact) mass is 453 g/mol. The van der Waals surface area contributed by atoms with Crippen LogP contribution in [0.3, 0.4) is 0 Å². The third kappa shape index (κ3) is 5.20. The molecule has 0 fully saturated rings. The molecule has 0 aliphatic carbocycles. The van der Waals surface area contributed by atoms with Crippen LogP contribution in [-0.2, 0) is 16.1 Å². The lowest BCUT2D eigenvalue weighted by atomic mass is 10.2. The molecule has 3 aromatic rings. The number of carbonyl (C=O) groups is 2. The van der Waals surface area contributed by atoms with Crippen molar-refractivity contribution in [2.75, 3.05) is 31.3 Å². The molecule has 8 heteroatoms. The summed E-state index contributed by atoms with van der Waals surface area (Å²) >= 11 is 1.55. The molecule has 1 aliphatic rings. The SMILES string of the molecule is CCOc1ccc(C(=O)OCC(=O)N(Cc2cccs2)c2ccc3c(c2)OCCO3)cc1. The van der Waals surface area contributed by atoms with Gasteiger partial charge in [-0.15, -0.1) is 11.3 Å². The van der Waals surface area contributed by atoms with Crippen LogP contribution in [0.5, 0.6) is 17.2 Å². The maximum Gasteiger partial charge on any atom is 0.338 e. The number of hydrogen-bond donors (Lipinski definition) is 0. The van der Waals surface area contributed by atoms with Crippen molar-refractivity contribution >= 4 is 28.9 Å². The minimum absolute atomic E-state index is 0.339. The van der Waals surface area contributed by atoms with Crippen LogP contribution in [0, 0.1) is 0 Å². The molecule has 4 rings (SSSR count). The van der Waals surface area contributed by atoms with Crippen molar-refractivity contribution in [2.45, 2.75) is 13.5 Å². The molecule has 166 valence electrons. The highest BCUT2D eigenvalue weighted by Gasteiger charge is 2.22. The number of carbonyl (C=O) groups excluding carboxylic acids is 2. The van der Waals surface area contributed by atoms with Gasteiger partial charge >= 0.3 is 5.97 Å². The summed E-state index contributed by atoms with van der Waals surface area (Å²) in [7, 11) is 0. The lowest BCUT2D eigenvalue weighted by Gasteiger charge is -2.25. The van der Waals surface area contributed by atoms with Crippen molar-refractivity contribution in [3.8, 4) is 17.2 Å². The third-order valence-corrected chi connectivity index (χ3v) is 5.62. The number of esters is 1. The first kappa shape index (κ1) is 21.7. The smallest absolute Gasteiger partial charge is 0.338 e. The topological polar surface area (TPSA) is 74.3 Å². The zero-order chi connectivity index (χ0) is 22.3. The summed E-state index contributed by atoms with van der Waals surface area (Å²) < 4.78 is 21.9. The number of amides is 1. The number of ether oxygens (including phenoxy) is 4. The third-order valence-electron chi connectivity index (χ3n) is 4.76. The Morgan fingerprint density at radius 2 is 1.81 bits per heavy atom. The summed E-state index contributed by atoms with van der Waals surface area (Å²) in [4.78, 5) is 28.1. The molecule has 0 saturated heterocycles. The molecule has 0 unspecified atom stereocenters. The van der Waals surface area contributed by atoms with Crippen molar-refractivity contribution in [1.29, 1.82) is 0 Å². The van der Waals surface area contributed by atoms with Gasteiger partial charge in [-0.2, -0.15) is 0 Å². The van der Waals surface area contributed by atoms with Gasteiger partial charge in [0.2, 0.25) is 0 Å². The molecule has 0 N–H and O–H groups in total. The zero-order valence-electron chi connectivity index (χ0n) is 17.6. The molecule has 1 aromatic heterocycles. The minimum atomic E-state index is -0.570. The van der Waals surface area contributed by atoms with E-state index in [9.17, 15) is 9.59 Å². The van der Waals surface area contributed by atoms with E-state index in [-0.39, 0.29) is 12.5 Å². The van der Waals surface area contributed by atoms with Gasteiger partial charge in [0, 0.05) is 16.6 Å². The highest BCUT2D eigenvalue weighted by Crippen LogP contribution is 2.34. The molecule has 2 heterocycles. The average molecular weight is 454 g/mol. The first-order valence-corrected chi connectivity index (χ1v) is 11.1. The van der Waals surface area contributed by atoms with Crippen LogP contribution in [-0.4, -0.2) is 38.3 Å². The van der Waals surface area contributed by atoms with Crippen molar-refractivity contribution in [1.82, 2.24) is 0 Å². The van der Waals surface area contributed by atoms with Crippen molar-refractivity contribution in [3.05, 3.63) is 70.4 Å². The Morgan fingerprint density at radius 3 is 2.53 bits per heavy atom. The van der Waals surface area contributed by atoms with Crippen molar-refractivity contribution in [2.24, 2.45) is 0 Å². The van der Waals surface area contributed by atoms with Crippen LogP contribution in [0.25, 0.3) is 0 Å². The van der Waals surface area contributed by atoms with Crippen molar-refractivity contribution < 1.29 is 28.5 Å². The molecule has 7 nitrogen and oxygen atoms in total. The summed E-state index contributed by atoms with van der Waals surface area (Å²) in [5.41, 5.74) is 0.996. The van der Waals surface area contributed by atoms with Crippen LogP contribution in [0.15, 0.2) is 60.0 Å². The summed E-state index contributed by atoms with van der Waals surface area (Å²) in [6, 6.07) is 15.9. The van der Waals surface area contributed by atoms with Gasteiger partial charge in [0.1, 0.15) is 19.0 Å². The maximum absolute atomic E-state index is 13.1. The number of anilines is 1. The summed E-state index contributed by atoms with van der Waals surface area (Å²) in [5, 5.41) is 1.95. The lowest BCUT2D eigenvalue weighted by molar-refractivity contribution is -0.121. The molecule has 0 bridgehead atoms. The van der Waals surface area contributed by atoms with E-state index in [0.717, 1.165) is 4.88 Å². The van der Waals surface area contributed by atoms with E-state index < -0.39 is 5.97 Å². The zero-order valence-corrected chi connectivity index (χ0v) is 18.4. The molecule has 32 heavy (non-hydrogen) atoms. The highest BCUT2D eigenvalue weighted by molar-refractivity contribution is 7.09. The quantitative estimate of drug-likeness (QED) is 0.473. The molecule has 1 aliphatic heterocycles. The minimum Gasteiger partial charge on any atom is -0.494 e. The largest absolute Gasteiger partial charge is 0.494 e. The van der Waals surface area contributed by atoms with Crippen LogP contribution >= 0.6 is 11.3 Å². The molecule has 0 spiro atoms. The standard InChI is InChI=1S/C24H23NO6S/c1-2-28-19-8-5-17(6-9-19)24(27)31-16-23(26)25(15-20-4-3-13-32-20)18-7-10-21-22(14-18)30-12-11-29-21/h3-10,13-14H,2,11-12,15-16H2,1H3. The van der Waals surface area contributed by atoms with E-state index in [1.165, 1.54) is 0 Å². The fraction of sp³-hybridized carbons (Fsp3) is 0.250. The summed E-state index contributed by atoms with van der Waals surface area (Å²) in [6.45, 7) is 3.35. The van der Waals surface area contributed by atoms with Crippen LogP contribution in [0.2, 0.25) is 0 Å². The summed E-state index contributed by atoms with van der Waals surface area (Å²) in [5.74, 6) is 0.990. The lowest BCUT2D eigenvalue weighted by Crippen LogP contribution is -2.34. The van der Waals surface area contributed by atoms with E-state index in [1.54, 1.807) is 58.7 Å². The van der Waals surface area contributed by atoms with Crippen LogP contribution in [0.4, 0.5) is 5.69 Å². The van der Waals surface area contributed by atoms with Crippen molar-refractivity contribution in [3.63, 3.8) is 0 Å². The average Bonchev–Trinajstić information content (AvgIpc) is 3.34. The fourth-order valence-electron chi connectivity index (χ4n) is 3.22. The highest BCUT2D eigenvalue weighted by atomic mass is 32.1. The Kier molecular flexibility index (Phi) is 6.91. The number of thiophene rings is 1. The molecule has 0 radical (unpaired) electrons. The maximum atomic E-state index is 13.1. The molecular formula is C24H23NO6S. The first-order valence-electron chi connectivity index (χ1n) is 10.3. The van der Waals surface area contributed by atoms with E-state index in [1.807, 2.05) is 24.4 Å². The molecule has 0 atom stereocenters. The second kappa shape index (κ2) is 10.2. The van der Waals surface area contributed by atoms with Gasteiger partial charge in [-0.3, -0.25) is 4.79 Å². The number of fused-ring (bicyclic) bond motifs is 1. The molecule has 0 saturated carbocycles. The number of nitrogens with zero attached hydrogens (tertiary/aromatic N) is 1. The Bertz CT molecular complexity index is 1060. The second-order valence-corrected chi connectivity index (χ2v) is 7.95. The Labute approximate surface area is 190 Å². The van der Waals surface area contributed by atoms with E-state index in [4.69, 9.17) is 18.9 Å². The predicted molar refractivity (Wildman–Crippen MR) is 121 cm³/mol. The van der Waals surface area contributed by atoms with Gasteiger partial charge in [0.25, 0.3) is 5.91 Å².